The zero-order valence-electron chi connectivity index (χ0n) is 35.9. The second kappa shape index (κ2) is 18.3. The molecular formula is C42H54N8O10S2. The van der Waals surface area contributed by atoms with Gasteiger partial charge >= 0.3 is 12.2 Å². The van der Waals surface area contributed by atoms with E-state index in [0.717, 1.165) is 34.8 Å². The average molecular weight is 895 g/mol. The number of nitrogens with zero attached hydrogens (tertiary/aromatic N) is 4. The Hall–Kier alpha value is -5.76. The molecular weight excluding hydrogens is 841 g/mol. The highest BCUT2D eigenvalue weighted by molar-refractivity contribution is 7.91. The van der Waals surface area contributed by atoms with Crippen LogP contribution in [0.5, 0.6) is 0 Å². The molecule has 18 nitrogen and oxygen atoms in total. The quantitative estimate of drug-likeness (QED) is 0.147. The summed E-state index contributed by atoms with van der Waals surface area (Å²) in [4.78, 5) is 70.5. The standard InChI is InChI=1S/C42H54N8O10S2/c1-23(2)35(47-41(53)59-5)39(51)49-21-29(61(7,55)56)17-33(49)37-43-19-31(45-37)27-13-9-25(10-14-27)26-11-15-28(16-12-26)32-20-44-38(46-32)34-18-30(62(8,57)58)22-50(34)40(52)36(24(3)4)48-42(54)60-6/h9-16,19-20,23-24,29-30,33-36H,17-18,21-22H2,1-8H3,(H,43,45)(H,44,46)(H,47,53)(H,48,54)/t29-,30-,33-,34-,35-,36+/m0/s1. The second-order valence-electron chi connectivity index (χ2n) is 16.6. The molecule has 2 aliphatic heterocycles. The molecule has 2 aromatic heterocycles. The van der Waals surface area contributed by atoms with Gasteiger partial charge in [0.15, 0.2) is 19.7 Å². The Kier molecular flexibility index (Phi) is 13.5. The Morgan fingerprint density at radius 3 is 1.23 bits per heavy atom. The van der Waals surface area contributed by atoms with Gasteiger partial charge in [0, 0.05) is 25.6 Å². The zero-order chi connectivity index (χ0) is 45.3. The van der Waals surface area contributed by atoms with Gasteiger partial charge in [0.1, 0.15) is 23.7 Å². The van der Waals surface area contributed by atoms with Crippen LogP contribution in [0.3, 0.4) is 0 Å². The molecule has 20 heteroatoms. The number of hydrogen-bond donors (Lipinski definition) is 4. The fourth-order valence-electron chi connectivity index (χ4n) is 7.97. The van der Waals surface area contributed by atoms with Gasteiger partial charge in [-0.25, -0.2) is 36.4 Å². The number of nitrogens with one attached hydrogen (secondary N) is 4. The molecule has 62 heavy (non-hydrogen) atoms. The monoisotopic (exact) mass is 894 g/mol. The van der Waals surface area contributed by atoms with Crippen molar-refractivity contribution in [2.75, 3.05) is 39.8 Å². The number of imidazole rings is 2. The smallest absolute Gasteiger partial charge is 0.407 e. The predicted octanol–water partition coefficient (Wildman–Crippen LogP) is 4.27. The lowest BCUT2D eigenvalue weighted by atomic mass is 10.0. The molecule has 334 valence electrons. The van der Waals surface area contributed by atoms with Crippen molar-refractivity contribution in [3.63, 3.8) is 0 Å². The van der Waals surface area contributed by atoms with Crippen molar-refractivity contribution >= 4 is 43.7 Å². The summed E-state index contributed by atoms with van der Waals surface area (Å²) in [5.41, 5.74) is 4.83. The number of likely N-dealkylation sites (tertiary alicyclic amines) is 2. The number of aromatic nitrogens is 4. The lowest BCUT2D eigenvalue weighted by molar-refractivity contribution is -0.136. The molecule has 0 bridgehead atoms. The summed E-state index contributed by atoms with van der Waals surface area (Å²) in [5, 5.41) is 3.56. The van der Waals surface area contributed by atoms with Crippen LogP contribution in [0.2, 0.25) is 0 Å². The Balaban J connectivity index is 1.18. The van der Waals surface area contributed by atoms with Crippen LogP contribution in [-0.2, 0) is 38.7 Å². The van der Waals surface area contributed by atoms with Crippen molar-refractivity contribution in [3.8, 4) is 33.6 Å². The number of hydrogen-bond acceptors (Lipinski definition) is 12. The van der Waals surface area contributed by atoms with Gasteiger partial charge in [-0.15, -0.1) is 0 Å². The van der Waals surface area contributed by atoms with Crippen LogP contribution >= 0.6 is 0 Å². The van der Waals surface area contributed by atoms with E-state index in [4.69, 9.17) is 9.47 Å². The number of carbonyl (C=O) groups is 4. The third-order valence-electron chi connectivity index (χ3n) is 11.6. The van der Waals surface area contributed by atoms with Crippen molar-refractivity contribution in [1.82, 2.24) is 40.4 Å². The fraction of sp³-hybridized carbons (Fsp3) is 0.476. The normalized spacial score (nSPS) is 20.3. The lowest BCUT2D eigenvalue weighted by Gasteiger charge is -2.30. The molecule has 0 unspecified atom stereocenters. The number of sulfone groups is 2. The summed E-state index contributed by atoms with van der Waals surface area (Å²) in [5.74, 6) is -0.590. The third-order valence-corrected chi connectivity index (χ3v) is 14.7. The molecule has 2 saturated heterocycles. The molecule has 0 spiro atoms. The van der Waals surface area contributed by atoms with Gasteiger partial charge in [0.25, 0.3) is 0 Å². The van der Waals surface area contributed by atoms with Crippen molar-refractivity contribution < 1.29 is 45.5 Å². The summed E-state index contributed by atoms with van der Waals surface area (Å²) in [6.45, 7) is 7.05. The topological polar surface area (TPSA) is 243 Å². The number of rotatable bonds is 13. The minimum atomic E-state index is -3.50. The summed E-state index contributed by atoms with van der Waals surface area (Å²) < 4.78 is 60.1. The first-order valence-corrected chi connectivity index (χ1v) is 24.1. The maximum Gasteiger partial charge on any atom is 0.407 e. The van der Waals surface area contributed by atoms with E-state index in [1.807, 2.05) is 48.5 Å². The van der Waals surface area contributed by atoms with E-state index in [2.05, 4.69) is 30.6 Å². The molecule has 4 amide bonds. The summed E-state index contributed by atoms with van der Waals surface area (Å²) in [6, 6.07) is 12.3. The minimum absolute atomic E-state index is 0.0398. The summed E-state index contributed by atoms with van der Waals surface area (Å²) in [7, 11) is -4.58. The fourth-order valence-corrected chi connectivity index (χ4v) is 9.89. The van der Waals surface area contributed by atoms with E-state index >= 15 is 0 Å². The summed E-state index contributed by atoms with van der Waals surface area (Å²) >= 11 is 0. The number of ether oxygens (including phenoxy) is 2. The van der Waals surface area contributed by atoms with Gasteiger partial charge in [0.05, 0.1) is 60.6 Å². The minimum Gasteiger partial charge on any atom is -0.453 e. The number of carbonyl (C=O) groups excluding carboxylic acids is 4. The number of benzene rings is 2. The zero-order valence-corrected chi connectivity index (χ0v) is 37.5. The number of amides is 4. The maximum absolute atomic E-state index is 13.8. The second-order valence-corrected chi connectivity index (χ2v) is 21.3. The Morgan fingerprint density at radius 1 is 0.613 bits per heavy atom. The maximum atomic E-state index is 13.8. The van der Waals surface area contributed by atoms with Crippen LogP contribution in [0.1, 0.15) is 64.3 Å². The molecule has 6 rings (SSSR count). The number of methoxy groups -OCH3 is 2. The lowest BCUT2D eigenvalue weighted by Crippen LogP contribution is -2.51. The van der Waals surface area contributed by atoms with E-state index < -0.39 is 78.3 Å². The van der Waals surface area contributed by atoms with Crippen LogP contribution < -0.4 is 10.6 Å². The molecule has 0 radical (unpaired) electrons. The Labute approximate surface area is 361 Å². The molecule has 4 N–H and O–H groups in total. The first-order chi connectivity index (χ1) is 29.2. The Morgan fingerprint density at radius 2 is 0.935 bits per heavy atom. The third kappa shape index (κ3) is 9.96. The largest absolute Gasteiger partial charge is 0.453 e. The first-order valence-electron chi connectivity index (χ1n) is 20.2. The van der Waals surface area contributed by atoms with Crippen LogP contribution in [0.25, 0.3) is 33.6 Å². The molecule has 2 aliphatic rings. The van der Waals surface area contributed by atoms with Gasteiger partial charge < -0.3 is 39.9 Å². The number of aromatic amines is 2. The first kappa shape index (κ1) is 45.8. The van der Waals surface area contributed by atoms with Gasteiger partial charge in [0.2, 0.25) is 11.8 Å². The van der Waals surface area contributed by atoms with Crippen LogP contribution in [0, 0.1) is 11.8 Å². The molecule has 6 atom stereocenters. The van der Waals surface area contributed by atoms with E-state index in [9.17, 15) is 36.0 Å². The molecule has 2 aromatic carbocycles. The van der Waals surface area contributed by atoms with E-state index in [-0.39, 0.29) is 37.8 Å². The average Bonchev–Trinajstić information content (AvgIpc) is 4.06. The van der Waals surface area contributed by atoms with E-state index in [0.29, 0.717) is 23.0 Å². The van der Waals surface area contributed by atoms with Crippen LogP contribution in [0.4, 0.5) is 9.59 Å². The molecule has 0 saturated carbocycles. The molecule has 4 aromatic rings. The van der Waals surface area contributed by atoms with E-state index in [1.54, 1.807) is 40.1 Å². The van der Waals surface area contributed by atoms with Gasteiger partial charge in [-0.3, -0.25) is 9.59 Å². The molecule has 2 fully saturated rings. The highest BCUT2D eigenvalue weighted by atomic mass is 32.2. The van der Waals surface area contributed by atoms with Gasteiger partial charge in [-0.05, 0) is 46.9 Å². The van der Waals surface area contributed by atoms with Gasteiger partial charge in [-0.2, -0.15) is 0 Å². The highest BCUT2D eigenvalue weighted by Crippen LogP contribution is 2.38. The van der Waals surface area contributed by atoms with Crippen molar-refractivity contribution in [2.24, 2.45) is 11.8 Å². The number of H-pyrrole nitrogens is 2. The van der Waals surface area contributed by atoms with Crippen molar-refractivity contribution in [3.05, 3.63) is 72.6 Å². The highest BCUT2D eigenvalue weighted by Gasteiger charge is 2.46. The van der Waals surface area contributed by atoms with Crippen LogP contribution in [0.15, 0.2) is 60.9 Å². The summed E-state index contributed by atoms with van der Waals surface area (Å²) in [6.07, 6.45) is 4.36. The SMILES string of the molecule is COC(=O)N[C@H](C(=O)N1C[C@@H](S(C)(=O)=O)C[C@H]1c1ncc(-c2ccc(-c3ccc(-c4cnc([C@@H]5C[C@H](S(C)(=O)=O)CN5C(=O)[C@H](NC(=O)OC)C(C)C)[nH]4)cc3)cc2)[nH]1)C(C)C. The molecule has 4 heterocycles. The van der Waals surface area contributed by atoms with Gasteiger partial charge in [-0.1, -0.05) is 76.2 Å². The number of alkyl carbamates (subject to hydrolysis) is 2. The Bertz CT molecular complexity index is 2330. The predicted molar refractivity (Wildman–Crippen MR) is 231 cm³/mol. The molecule has 0 aliphatic carbocycles. The van der Waals surface area contributed by atoms with Crippen molar-refractivity contribution in [2.45, 2.75) is 75.2 Å². The van der Waals surface area contributed by atoms with Crippen LogP contribution in [-0.4, -0.2) is 133 Å². The van der Waals surface area contributed by atoms with Crippen molar-refractivity contribution in [1.29, 1.82) is 0 Å². The van der Waals surface area contributed by atoms with E-state index in [1.165, 1.54) is 24.0 Å².